The molecule has 0 saturated carbocycles. The van der Waals surface area contributed by atoms with Gasteiger partial charge in [0, 0.05) is 23.9 Å². The minimum Gasteiger partial charge on any atom is -0.507 e. The number of aliphatic hydroxyl groups excluding tert-OH is 1. The normalized spacial score (nSPS) is 17.0. The van der Waals surface area contributed by atoms with Crippen LogP contribution in [0.3, 0.4) is 0 Å². The van der Waals surface area contributed by atoms with Crippen LogP contribution in [0.5, 0.6) is 5.75 Å². The molecule has 10 nitrogen and oxygen atoms in total. The number of fused-ring (bicyclic) bond motifs is 1. The van der Waals surface area contributed by atoms with E-state index in [1.165, 1.54) is 46.7 Å². The van der Waals surface area contributed by atoms with Gasteiger partial charge < -0.3 is 9.84 Å². The molecular formula is C25H18N4O6S. The number of nitrogens with zero attached hydrogens (tertiary/aromatic N) is 4. The second kappa shape index (κ2) is 9.19. The Morgan fingerprint density at radius 3 is 2.61 bits per heavy atom. The molecule has 3 heterocycles. The van der Waals surface area contributed by atoms with E-state index < -0.39 is 28.4 Å². The number of thiazole rings is 1. The average Bonchev–Trinajstić information content (AvgIpc) is 3.42. The fourth-order valence-corrected chi connectivity index (χ4v) is 5.02. The van der Waals surface area contributed by atoms with Gasteiger partial charge in [-0.15, -0.1) is 0 Å². The molecule has 0 radical (unpaired) electrons. The van der Waals surface area contributed by atoms with E-state index >= 15 is 0 Å². The molecule has 1 N–H and O–H groups in total. The summed E-state index contributed by atoms with van der Waals surface area (Å²) in [6.07, 6.45) is 1.52. The van der Waals surface area contributed by atoms with Crippen molar-refractivity contribution >= 4 is 49.8 Å². The van der Waals surface area contributed by atoms with E-state index in [0.29, 0.717) is 23.6 Å². The highest BCUT2D eigenvalue weighted by Gasteiger charge is 2.48. The Morgan fingerprint density at radius 2 is 1.94 bits per heavy atom. The first kappa shape index (κ1) is 23.1. The van der Waals surface area contributed by atoms with Crippen LogP contribution in [0.25, 0.3) is 16.0 Å². The highest BCUT2D eigenvalue weighted by atomic mass is 32.1. The van der Waals surface area contributed by atoms with Gasteiger partial charge in [-0.25, -0.2) is 4.98 Å². The number of carbonyl (C=O) groups excluding carboxylic acids is 2. The molecule has 1 fully saturated rings. The van der Waals surface area contributed by atoms with E-state index in [4.69, 9.17) is 4.74 Å². The molecule has 1 unspecified atom stereocenters. The van der Waals surface area contributed by atoms with Crippen LogP contribution in [0, 0.1) is 10.1 Å². The first-order valence-electron chi connectivity index (χ1n) is 10.9. The summed E-state index contributed by atoms with van der Waals surface area (Å²) in [5.74, 6) is -1.57. The Bertz CT molecular complexity index is 1530. The third-order valence-electron chi connectivity index (χ3n) is 5.63. The smallest absolute Gasteiger partial charge is 0.301 e. The van der Waals surface area contributed by atoms with Gasteiger partial charge in [0.2, 0.25) is 0 Å². The van der Waals surface area contributed by atoms with Crippen molar-refractivity contribution in [2.75, 3.05) is 11.5 Å². The van der Waals surface area contributed by atoms with E-state index in [-0.39, 0.29) is 22.0 Å². The number of aromatic nitrogens is 2. The maximum atomic E-state index is 13.3. The number of hydrogen-bond acceptors (Lipinski definition) is 9. The molecule has 4 aromatic rings. The molecule has 2 aromatic heterocycles. The molecule has 5 rings (SSSR count). The highest BCUT2D eigenvalue weighted by molar-refractivity contribution is 7.22. The van der Waals surface area contributed by atoms with E-state index in [9.17, 15) is 24.8 Å². The summed E-state index contributed by atoms with van der Waals surface area (Å²) in [5, 5.41) is 22.4. The first-order valence-corrected chi connectivity index (χ1v) is 11.7. The van der Waals surface area contributed by atoms with Crippen LogP contribution in [-0.4, -0.2) is 38.3 Å². The molecule has 1 saturated heterocycles. The Kier molecular flexibility index (Phi) is 5.90. The molecule has 1 aliphatic heterocycles. The Labute approximate surface area is 208 Å². The molecule has 0 spiro atoms. The monoisotopic (exact) mass is 502 g/mol. The predicted molar refractivity (Wildman–Crippen MR) is 133 cm³/mol. The van der Waals surface area contributed by atoms with Gasteiger partial charge >= 0.3 is 5.91 Å². The second-order valence-electron chi connectivity index (χ2n) is 7.79. The summed E-state index contributed by atoms with van der Waals surface area (Å²) in [6.45, 7) is 2.37. The molecule has 180 valence electrons. The average molecular weight is 503 g/mol. The lowest BCUT2D eigenvalue weighted by Crippen LogP contribution is -2.29. The number of anilines is 1. The number of benzene rings is 2. The van der Waals surface area contributed by atoms with Gasteiger partial charge in [-0.3, -0.25) is 29.6 Å². The van der Waals surface area contributed by atoms with Gasteiger partial charge in [-0.05, 0) is 49.4 Å². The SMILES string of the molecule is CCOc1ccc2nc(N3C(=O)C(=O)/C(=C(/O)c4ccc([N+](=O)[O-])cc4)C3c3ccccn3)sc2c1. The van der Waals surface area contributed by atoms with Gasteiger partial charge in [0.05, 0.1) is 33.0 Å². The number of ketones is 1. The third kappa shape index (κ3) is 3.95. The van der Waals surface area contributed by atoms with E-state index in [0.717, 1.165) is 4.70 Å². The van der Waals surface area contributed by atoms with Crippen molar-refractivity contribution in [3.8, 4) is 5.75 Å². The molecule has 0 aliphatic carbocycles. The van der Waals surface area contributed by atoms with Crippen molar-refractivity contribution < 1.29 is 24.4 Å². The minimum atomic E-state index is -1.05. The first-order chi connectivity index (χ1) is 17.4. The lowest BCUT2D eigenvalue weighted by molar-refractivity contribution is -0.384. The number of hydrogen-bond donors (Lipinski definition) is 1. The summed E-state index contributed by atoms with van der Waals surface area (Å²) >= 11 is 1.21. The van der Waals surface area contributed by atoms with Crippen LogP contribution in [0.4, 0.5) is 10.8 Å². The zero-order chi connectivity index (χ0) is 25.4. The Morgan fingerprint density at radius 1 is 1.17 bits per heavy atom. The summed E-state index contributed by atoms with van der Waals surface area (Å²) in [6, 6.07) is 14.4. The van der Waals surface area contributed by atoms with Crippen LogP contribution in [-0.2, 0) is 9.59 Å². The number of Topliss-reactive ketones (excluding diaryl/α,β-unsaturated/α-hetero) is 1. The number of carbonyl (C=O) groups is 2. The standard InChI is InChI=1S/C25H18N4O6S/c1-2-35-16-10-11-17-19(13-16)36-25(27-17)28-21(18-5-3-4-12-26-18)20(23(31)24(28)32)22(30)14-6-8-15(9-7-14)29(33)34/h3-13,21,30H,2H2,1H3/b22-20+. The molecule has 11 heteroatoms. The molecule has 36 heavy (non-hydrogen) atoms. The maximum absolute atomic E-state index is 13.3. The molecule has 1 amide bonds. The molecule has 1 atom stereocenters. The number of pyridine rings is 1. The van der Waals surface area contributed by atoms with Gasteiger partial charge in [0.15, 0.2) is 5.13 Å². The van der Waals surface area contributed by atoms with Crippen molar-refractivity contribution in [2.24, 2.45) is 0 Å². The number of aliphatic hydroxyl groups is 1. The summed E-state index contributed by atoms with van der Waals surface area (Å²) in [5.41, 5.74) is 0.783. The van der Waals surface area contributed by atoms with Crippen LogP contribution in [0.2, 0.25) is 0 Å². The molecule has 2 aromatic carbocycles. The van der Waals surface area contributed by atoms with Crippen molar-refractivity contribution in [1.29, 1.82) is 0 Å². The number of nitro benzene ring substituents is 1. The fourth-order valence-electron chi connectivity index (χ4n) is 4.00. The Balaban J connectivity index is 1.66. The van der Waals surface area contributed by atoms with Crippen molar-refractivity contribution in [1.82, 2.24) is 9.97 Å². The van der Waals surface area contributed by atoms with E-state index in [1.807, 2.05) is 13.0 Å². The predicted octanol–water partition coefficient (Wildman–Crippen LogP) is 4.62. The van der Waals surface area contributed by atoms with Gasteiger partial charge in [0.25, 0.3) is 11.5 Å². The van der Waals surface area contributed by atoms with Crippen LogP contribution in [0.15, 0.2) is 72.4 Å². The largest absolute Gasteiger partial charge is 0.507 e. The van der Waals surface area contributed by atoms with Crippen molar-refractivity contribution in [3.63, 3.8) is 0 Å². The topological polar surface area (TPSA) is 136 Å². The van der Waals surface area contributed by atoms with Crippen LogP contribution >= 0.6 is 11.3 Å². The zero-order valence-corrected chi connectivity index (χ0v) is 19.6. The second-order valence-corrected chi connectivity index (χ2v) is 8.80. The fraction of sp³-hybridized carbons (Fsp3) is 0.120. The third-order valence-corrected chi connectivity index (χ3v) is 6.65. The van der Waals surface area contributed by atoms with Gasteiger partial charge in [0.1, 0.15) is 17.6 Å². The van der Waals surface area contributed by atoms with Gasteiger partial charge in [-0.1, -0.05) is 17.4 Å². The van der Waals surface area contributed by atoms with Gasteiger partial charge in [-0.2, -0.15) is 0 Å². The number of non-ortho nitro benzene ring substituents is 1. The van der Waals surface area contributed by atoms with Crippen molar-refractivity contribution in [3.05, 3.63) is 93.8 Å². The number of amides is 1. The minimum absolute atomic E-state index is 0.158. The summed E-state index contributed by atoms with van der Waals surface area (Å²) in [7, 11) is 0. The molecule has 1 aliphatic rings. The Hall–Kier alpha value is -4.64. The summed E-state index contributed by atoms with van der Waals surface area (Å²) < 4.78 is 6.31. The number of ether oxygens (including phenoxy) is 1. The maximum Gasteiger partial charge on any atom is 0.301 e. The quantitative estimate of drug-likeness (QED) is 0.133. The molecular weight excluding hydrogens is 484 g/mol. The van der Waals surface area contributed by atoms with Crippen molar-refractivity contribution in [2.45, 2.75) is 13.0 Å². The zero-order valence-electron chi connectivity index (χ0n) is 18.8. The van der Waals surface area contributed by atoms with E-state index in [1.54, 1.807) is 30.3 Å². The van der Waals surface area contributed by atoms with Crippen LogP contribution in [0.1, 0.15) is 24.2 Å². The van der Waals surface area contributed by atoms with Crippen LogP contribution < -0.4 is 9.64 Å². The lowest BCUT2D eigenvalue weighted by atomic mass is 9.98. The summed E-state index contributed by atoms with van der Waals surface area (Å²) in [4.78, 5) is 47.1. The van der Waals surface area contributed by atoms with E-state index in [2.05, 4.69) is 9.97 Å². The molecule has 0 bridgehead atoms. The highest BCUT2D eigenvalue weighted by Crippen LogP contribution is 2.44. The number of nitro groups is 1. The number of rotatable bonds is 6. The lowest BCUT2D eigenvalue weighted by Gasteiger charge is -2.21.